The fourth-order valence-corrected chi connectivity index (χ4v) is 3.13. The Bertz CT molecular complexity index is 1150. The van der Waals surface area contributed by atoms with Gasteiger partial charge in [-0.3, -0.25) is 14.1 Å². The summed E-state index contributed by atoms with van der Waals surface area (Å²) < 4.78 is 21.4. The summed E-state index contributed by atoms with van der Waals surface area (Å²) in [5, 5.41) is 0.277. The number of carbonyl (C=O) groups excluding carboxylic acids is 1. The third-order valence-electron chi connectivity index (χ3n) is 4.21. The first-order chi connectivity index (χ1) is 13.6. The lowest BCUT2D eigenvalue weighted by molar-refractivity contribution is -0.114. The molecule has 3 aromatic heterocycles. The maximum atomic E-state index is 14.3. The predicted molar refractivity (Wildman–Crippen MR) is 106 cm³/mol. The molecule has 140 valence electrons. The predicted octanol–water partition coefficient (Wildman–Crippen LogP) is 4.97. The number of benzene rings is 1. The van der Waals surface area contributed by atoms with Gasteiger partial charge < -0.3 is 4.42 Å². The molecule has 0 spiro atoms. The summed E-state index contributed by atoms with van der Waals surface area (Å²) in [5.74, 6) is -0.370. The van der Waals surface area contributed by atoms with Crippen molar-refractivity contribution in [3.05, 3.63) is 95.6 Å². The summed E-state index contributed by atoms with van der Waals surface area (Å²) in [6.07, 6.45) is 6.22. The van der Waals surface area contributed by atoms with Crippen molar-refractivity contribution in [3.63, 3.8) is 0 Å². The van der Waals surface area contributed by atoms with E-state index in [1.165, 1.54) is 23.3 Å². The average molecular weight is 396 g/mol. The largest absolute Gasteiger partial charge is 0.467 e. The van der Waals surface area contributed by atoms with Crippen LogP contribution in [0.4, 0.5) is 10.1 Å². The third-order valence-corrected chi connectivity index (χ3v) is 4.49. The molecule has 0 saturated heterocycles. The smallest absolute Gasteiger partial charge is 0.251 e. The molecule has 5 nitrogen and oxygen atoms in total. The Morgan fingerprint density at radius 1 is 1.18 bits per heavy atom. The summed E-state index contributed by atoms with van der Waals surface area (Å²) in [4.78, 5) is 18.5. The molecule has 0 atom stereocenters. The van der Waals surface area contributed by atoms with Gasteiger partial charge in [-0.15, -0.1) is 0 Å². The Kier molecular flexibility index (Phi) is 4.95. The molecule has 0 bridgehead atoms. The topological polar surface area (TPSA) is 50.8 Å². The first kappa shape index (κ1) is 18.0. The zero-order chi connectivity index (χ0) is 19.5. The SMILES string of the molecule is O=C(/C=C/c1c(Cl)nc2ccccn12)N(Cc1ccco1)c1ccccc1F. The minimum atomic E-state index is -0.497. The number of pyridine rings is 1. The number of amides is 1. The normalized spacial score (nSPS) is 11.4. The number of carbonyl (C=O) groups is 1. The van der Waals surface area contributed by atoms with E-state index in [9.17, 15) is 9.18 Å². The summed E-state index contributed by atoms with van der Waals surface area (Å²) in [7, 11) is 0. The second-order valence-electron chi connectivity index (χ2n) is 6.01. The van der Waals surface area contributed by atoms with Crippen molar-refractivity contribution in [2.45, 2.75) is 6.54 Å². The van der Waals surface area contributed by atoms with E-state index >= 15 is 0 Å². The van der Waals surface area contributed by atoms with E-state index in [2.05, 4.69) is 4.98 Å². The Morgan fingerprint density at radius 2 is 2.00 bits per heavy atom. The van der Waals surface area contributed by atoms with Crippen LogP contribution >= 0.6 is 11.6 Å². The second kappa shape index (κ2) is 7.70. The van der Waals surface area contributed by atoms with Crippen molar-refractivity contribution < 1.29 is 13.6 Å². The van der Waals surface area contributed by atoms with Crippen molar-refractivity contribution in [2.24, 2.45) is 0 Å². The fraction of sp³-hybridized carbons (Fsp3) is 0.0476. The molecule has 0 aliphatic rings. The molecule has 1 aromatic carbocycles. The molecule has 0 radical (unpaired) electrons. The van der Waals surface area contributed by atoms with Crippen LogP contribution in [0.1, 0.15) is 11.5 Å². The number of fused-ring (bicyclic) bond motifs is 1. The number of rotatable bonds is 5. The number of halogens is 2. The number of aromatic nitrogens is 2. The van der Waals surface area contributed by atoms with Gasteiger partial charge in [-0.1, -0.05) is 29.8 Å². The molecule has 0 N–H and O–H groups in total. The van der Waals surface area contributed by atoms with Crippen molar-refractivity contribution in [3.8, 4) is 0 Å². The van der Waals surface area contributed by atoms with Gasteiger partial charge in [-0.2, -0.15) is 0 Å². The van der Waals surface area contributed by atoms with Crippen LogP contribution in [-0.4, -0.2) is 15.3 Å². The summed E-state index contributed by atoms with van der Waals surface area (Å²) in [6, 6.07) is 15.0. The number of furan rings is 1. The van der Waals surface area contributed by atoms with E-state index in [-0.39, 0.29) is 17.4 Å². The van der Waals surface area contributed by atoms with Crippen molar-refractivity contribution in [1.82, 2.24) is 9.38 Å². The maximum absolute atomic E-state index is 14.3. The molecule has 7 heteroatoms. The first-order valence-corrected chi connectivity index (χ1v) is 8.90. The molecule has 1 amide bonds. The van der Waals surface area contributed by atoms with Crippen LogP contribution in [0.3, 0.4) is 0 Å². The molecule has 0 saturated carbocycles. The molecule has 0 aliphatic heterocycles. The van der Waals surface area contributed by atoms with E-state index < -0.39 is 11.7 Å². The minimum Gasteiger partial charge on any atom is -0.467 e. The van der Waals surface area contributed by atoms with Crippen LogP contribution in [0.2, 0.25) is 5.15 Å². The van der Waals surface area contributed by atoms with E-state index in [1.54, 1.807) is 47.0 Å². The van der Waals surface area contributed by atoms with Crippen LogP contribution in [-0.2, 0) is 11.3 Å². The zero-order valence-corrected chi connectivity index (χ0v) is 15.4. The van der Waals surface area contributed by atoms with Gasteiger partial charge in [0.25, 0.3) is 5.91 Å². The van der Waals surface area contributed by atoms with Crippen LogP contribution < -0.4 is 4.90 Å². The lowest BCUT2D eigenvalue weighted by Gasteiger charge is -2.20. The maximum Gasteiger partial charge on any atom is 0.251 e. The zero-order valence-electron chi connectivity index (χ0n) is 14.6. The van der Waals surface area contributed by atoms with Gasteiger partial charge >= 0.3 is 0 Å². The molecule has 3 heterocycles. The molecule has 0 aliphatic carbocycles. The van der Waals surface area contributed by atoms with Crippen LogP contribution in [0.25, 0.3) is 11.7 Å². The lowest BCUT2D eigenvalue weighted by Crippen LogP contribution is -2.29. The molecular weight excluding hydrogens is 381 g/mol. The number of hydrogen-bond acceptors (Lipinski definition) is 3. The Balaban J connectivity index is 1.68. The third kappa shape index (κ3) is 3.54. The minimum absolute atomic E-state index is 0.0952. The lowest BCUT2D eigenvalue weighted by atomic mass is 10.2. The molecule has 28 heavy (non-hydrogen) atoms. The van der Waals surface area contributed by atoms with Crippen molar-refractivity contribution >= 4 is 34.9 Å². The van der Waals surface area contributed by atoms with Crippen molar-refractivity contribution in [1.29, 1.82) is 0 Å². The Labute approximate surface area is 165 Å². The highest BCUT2D eigenvalue weighted by Crippen LogP contribution is 2.23. The van der Waals surface area contributed by atoms with Gasteiger partial charge in [0.05, 0.1) is 24.2 Å². The standard InChI is InChI=1S/C21H15ClFN3O2/c22-21-18(25-12-4-3-9-19(25)24-21)10-11-20(27)26(14-15-6-5-13-28-15)17-8-2-1-7-16(17)23/h1-13H,14H2/b11-10+. The monoisotopic (exact) mass is 395 g/mol. The van der Waals surface area contributed by atoms with Gasteiger partial charge in [0.2, 0.25) is 0 Å². The fourth-order valence-electron chi connectivity index (χ4n) is 2.89. The summed E-state index contributed by atoms with van der Waals surface area (Å²) in [6.45, 7) is 0.0952. The van der Waals surface area contributed by atoms with E-state index in [0.29, 0.717) is 17.1 Å². The first-order valence-electron chi connectivity index (χ1n) is 8.52. The average Bonchev–Trinajstić information content (AvgIpc) is 3.32. The van der Waals surface area contributed by atoms with Gasteiger partial charge in [-0.25, -0.2) is 9.37 Å². The van der Waals surface area contributed by atoms with Gasteiger partial charge in [0.15, 0.2) is 5.15 Å². The molecule has 0 fully saturated rings. The quantitative estimate of drug-likeness (QED) is 0.448. The highest BCUT2D eigenvalue weighted by atomic mass is 35.5. The highest BCUT2D eigenvalue weighted by Gasteiger charge is 2.19. The van der Waals surface area contributed by atoms with Crippen LogP contribution in [0, 0.1) is 5.82 Å². The van der Waals surface area contributed by atoms with E-state index in [0.717, 1.165) is 0 Å². The molecule has 4 aromatic rings. The Morgan fingerprint density at radius 3 is 2.79 bits per heavy atom. The Hall–Kier alpha value is -3.38. The van der Waals surface area contributed by atoms with Crippen LogP contribution in [0.15, 0.2) is 77.6 Å². The summed E-state index contributed by atoms with van der Waals surface area (Å²) >= 11 is 6.20. The van der Waals surface area contributed by atoms with E-state index in [1.807, 2.05) is 18.2 Å². The van der Waals surface area contributed by atoms with Gasteiger partial charge in [0.1, 0.15) is 17.2 Å². The second-order valence-corrected chi connectivity index (χ2v) is 6.36. The molecule has 0 unspecified atom stereocenters. The van der Waals surface area contributed by atoms with E-state index in [4.69, 9.17) is 16.0 Å². The number of para-hydroxylation sites is 1. The highest BCUT2D eigenvalue weighted by molar-refractivity contribution is 6.31. The number of nitrogens with zero attached hydrogens (tertiary/aromatic N) is 3. The summed E-state index contributed by atoms with van der Waals surface area (Å²) in [5.41, 5.74) is 1.40. The number of anilines is 1. The number of imidazole rings is 1. The van der Waals surface area contributed by atoms with Crippen LogP contribution in [0.5, 0.6) is 0 Å². The van der Waals surface area contributed by atoms with Gasteiger partial charge in [-0.05, 0) is 42.5 Å². The molecular formula is C21H15ClFN3O2. The van der Waals surface area contributed by atoms with Gasteiger partial charge in [0, 0.05) is 12.3 Å². The van der Waals surface area contributed by atoms with Crippen molar-refractivity contribution in [2.75, 3.05) is 4.90 Å². The molecule has 4 rings (SSSR count). The number of hydrogen-bond donors (Lipinski definition) is 0.